The first-order valence-corrected chi connectivity index (χ1v) is 7.65. The fourth-order valence-electron chi connectivity index (χ4n) is 3.14. The second-order valence-corrected chi connectivity index (χ2v) is 5.85. The number of rotatable bonds is 2. The van der Waals surface area contributed by atoms with Crippen molar-refractivity contribution in [1.82, 2.24) is 15.5 Å². The van der Waals surface area contributed by atoms with Crippen LogP contribution < -0.4 is 10.1 Å². The molecule has 1 N–H and O–H groups in total. The molecular formula is C16H19N3O2. The zero-order chi connectivity index (χ0) is 14.1. The standard InChI is InChI=1S/C16H19N3O2/c1-2-6-14-11(4-1)8-13(10-20-14)16-18-15(19-21-16)12-5-3-7-17-9-12/h1-2,4,6,12-13,17H,3,5,7-10H2. The molecule has 1 aromatic carbocycles. The first kappa shape index (κ1) is 12.8. The maximum Gasteiger partial charge on any atom is 0.233 e. The minimum Gasteiger partial charge on any atom is -0.492 e. The summed E-state index contributed by atoms with van der Waals surface area (Å²) in [4.78, 5) is 4.63. The van der Waals surface area contributed by atoms with E-state index in [1.54, 1.807) is 0 Å². The number of ether oxygens (including phenoxy) is 1. The minimum absolute atomic E-state index is 0.165. The molecule has 5 heteroatoms. The number of hydrogen-bond acceptors (Lipinski definition) is 5. The molecule has 2 aliphatic heterocycles. The molecule has 5 nitrogen and oxygen atoms in total. The molecule has 1 aromatic heterocycles. The van der Waals surface area contributed by atoms with Gasteiger partial charge in [-0.05, 0) is 37.4 Å². The summed E-state index contributed by atoms with van der Waals surface area (Å²) in [7, 11) is 0. The van der Waals surface area contributed by atoms with Crippen molar-refractivity contribution in [1.29, 1.82) is 0 Å². The normalized spacial score (nSPS) is 25.1. The van der Waals surface area contributed by atoms with Gasteiger partial charge in [0, 0.05) is 12.5 Å². The van der Waals surface area contributed by atoms with E-state index in [4.69, 9.17) is 9.26 Å². The van der Waals surface area contributed by atoms with Crippen molar-refractivity contribution in [3.8, 4) is 5.75 Å². The molecule has 3 heterocycles. The van der Waals surface area contributed by atoms with Gasteiger partial charge in [-0.15, -0.1) is 0 Å². The molecule has 2 aromatic rings. The Morgan fingerprint density at radius 1 is 1.19 bits per heavy atom. The predicted octanol–water partition coefficient (Wildman–Crippen LogP) is 2.26. The molecule has 0 aliphatic carbocycles. The second kappa shape index (κ2) is 5.48. The van der Waals surface area contributed by atoms with E-state index in [9.17, 15) is 0 Å². The number of nitrogens with one attached hydrogen (secondary N) is 1. The highest BCUT2D eigenvalue weighted by atomic mass is 16.5. The second-order valence-electron chi connectivity index (χ2n) is 5.85. The number of para-hydroxylation sites is 1. The summed E-state index contributed by atoms with van der Waals surface area (Å²) in [6.07, 6.45) is 3.21. The number of nitrogens with zero attached hydrogens (tertiary/aromatic N) is 2. The fourth-order valence-corrected chi connectivity index (χ4v) is 3.14. The van der Waals surface area contributed by atoms with Crippen LogP contribution in [0.1, 0.15) is 42.0 Å². The Hall–Kier alpha value is -1.88. The molecule has 0 radical (unpaired) electrons. The smallest absolute Gasteiger partial charge is 0.233 e. The summed E-state index contributed by atoms with van der Waals surface area (Å²) >= 11 is 0. The Morgan fingerprint density at radius 3 is 3.05 bits per heavy atom. The van der Waals surface area contributed by atoms with E-state index in [0.717, 1.165) is 37.5 Å². The SMILES string of the molecule is c1ccc2c(c1)CC(c1nc(C3CCCNC3)no1)CO2. The number of aromatic nitrogens is 2. The van der Waals surface area contributed by atoms with Crippen LogP contribution in [-0.4, -0.2) is 29.8 Å². The third-order valence-corrected chi connectivity index (χ3v) is 4.35. The lowest BCUT2D eigenvalue weighted by Gasteiger charge is -2.22. The van der Waals surface area contributed by atoms with Crippen molar-refractivity contribution in [2.45, 2.75) is 31.1 Å². The molecule has 0 bridgehead atoms. The number of fused-ring (bicyclic) bond motifs is 1. The Labute approximate surface area is 123 Å². The summed E-state index contributed by atoms with van der Waals surface area (Å²) in [5.74, 6) is 3.08. The van der Waals surface area contributed by atoms with Gasteiger partial charge in [0.05, 0.1) is 5.92 Å². The molecule has 0 amide bonds. The minimum atomic E-state index is 0.165. The number of hydrogen-bond donors (Lipinski definition) is 1. The van der Waals surface area contributed by atoms with Crippen molar-refractivity contribution in [3.05, 3.63) is 41.5 Å². The molecule has 21 heavy (non-hydrogen) atoms. The average Bonchev–Trinajstić information content (AvgIpc) is 3.05. The molecule has 0 spiro atoms. The molecule has 2 aliphatic rings. The fraction of sp³-hybridized carbons (Fsp3) is 0.500. The topological polar surface area (TPSA) is 60.2 Å². The Balaban J connectivity index is 1.51. The molecule has 0 saturated carbocycles. The third-order valence-electron chi connectivity index (χ3n) is 4.35. The van der Waals surface area contributed by atoms with Crippen molar-refractivity contribution in [3.63, 3.8) is 0 Å². The van der Waals surface area contributed by atoms with Crippen molar-refractivity contribution in [2.24, 2.45) is 0 Å². The van der Waals surface area contributed by atoms with E-state index in [-0.39, 0.29) is 5.92 Å². The van der Waals surface area contributed by atoms with Crippen molar-refractivity contribution in [2.75, 3.05) is 19.7 Å². The van der Waals surface area contributed by atoms with Gasteiger partial charge < -0.3 is 14.6 Å². The van der Waals surface area contributed by atoms with Crippen LogP contribution in [0.3, 0.4) is 0 Å². The van der Waals surface area contributed by atoms with Gasteiger partial charge >= 0.3 is 0 Å². The van der Waals surface area contributed by atoms with Crippen molar-refractivity contribution >= 4 is 0 Å². The quantitative estimate of drug-likeness (QED) is 0.917. The highest BCUT2D eigenvalue weighted by Crippen LogP contribution is 2.32. The van der Waals surface area contributed by atoms with Crippen LogP contribution in [0.4, 0.5) is 0 Å². The van der Waals surface area contributed by atoms with Crippen LogP contribution in [0.5, 0.6) is 5.75 Å². The highest BCUT2D eigenvalue weighted by molar-refractivity contribution is 5.36. The molecule has 110 valence electrons. The van der Waals surface area contributed by atoms with E-state index in [2.05, 4.69) is 21.5 Å². The van der Waals surface area contributed by atoms with Crippen LogP contribution >= 0.6 is 0 Å². The zero-order valence-corrected chi connectivity index (χ0v) is 11.9. The van der Waals surface area contributed by atoms with Crippen LogP contribution in [0.15, 0.2) is 28.8 Å². The predicted molar refractivity (Wildman–Crippen MR) is 77.5 cm³/mol. The lowest BCUT2D eigenvalue weighted by atomic mass is 9.96. The Morgan fingerprint density at radius 2 is 2.14 bits per heavy atom. The number of piperidine rings is 1. The van der Waals surface area contributed by atoms with Crippen LogP contribution in [0.2, 0.25) is 0 Å². The van der Waals surface area contributed by atoms with E-state index in [1.807, 2.05) is 18.2 Å². The van der Waals surface area contributed by atoms with Crippen LogP contribution in [-0.2, 0) is 6.42 Å². The van der Waals surface area contributed by atoms with Gasteiger partial charge in [0.25, 0.3) is 0 Å². The van der Waals surface area contributed by atoms with Gasteiger partial charge in [0.1, 0.15) is 12.4 Å². The summed E-state index contributed by atoms with van der Waals surface area (Å²) in [6, 6.07) is 8.15. The summed E-state index contributed by atoms with van der Waals surface area (Å²) in [5, 5.41) is 7.58. The van der Waals surface area contributed by atoms with E-state index in [1.165, 1.54) is 12.0 Å². The lowest BCUT2D eigenvalue weighted by Crippen LogP contribution is -2.29. The Kier molecular flexibility index (Phi) is 3.35. The van der Waals surface area contributed by atoms with Gasteiger partial charge in [-0.3, -0.25) is 0 Å². The van der Waals surface area contributed by atoms with Crippen LogP contribution in [0.25, 0.3) is 0 Å². The maximum absolute atomic E-state index is 5.81. The summed E-state index contributed by atoms with van der Waals surface area (Å²) < 4.78 is 11.3. The Bertz CT molecular complexity index is 619. The molecule has 2 unspecified atom stereocenters. The molecular weight excluding hydrogens is 266 g/mol. The van der Waals surface area contributed by atoms with Crippen LogP contribution in [0, 0.1) is 0 Å². The van der Waals surface area contributed by atoms with Gasteiger partial charge in [-0.2, -0.15) is 4.98 Å². The maximum atomic E-state index is 5.81. The molecule has 2 atom stereocenters. The molecule has 1 saturated heterocycles. The molecule has 4 rings (SSSR count). The van der Waals surface area contributed by atoms with Crippen molar-refractivity contribution < 1.29 is 9.26 Å². The zero-order valence-electron chi connectivity index (χ0n) is 11.9. The average molecular weight is 285 g/mol. The molecule has 1 fully saturated rings. The van der Waals surface area contributed by atoms with Gasteiger partial charge in [0.15, 0.2) is 5.82 Å². The van der Waals surface area contributed by atoms with Gasteiger partial charge in [0.2, 0.25) is 5.89 Å². The number of benzene rings is 1. The largest absolute Gasteiger partial charge is 0.492 e. The first-order chi connectivity index (χ1) is 10.4. The first-order valence-electron chi connectivity index (χ1n) is 7.65. The summed E-state index contributed by atoms with van der Waals surface area (Å²) in [5.41, 5.74) is 1.22. The van der Waals surface area contributed by atoms with E-state index < -0.39 is 0 Å². The monoisotopic (exact) mass is 285 g/mol. The lowest BCUT2D eigenvalue weighted by molar-refractivity contribution is 0.230. The van der Waals surface area contributed by atoms with E-state index in [0.29, 0.717) is 18.4 Å². The van der Waals surface area contributed by atoms with Gasteiger partial charge in [-0.1, -0.05) is 23.4 Å². The highest BCUT2D eigenvalue weighted by Gasteiger charge is 2.28. The summed E-state index contributed by atoms with van der Waals surface area (Å²) in [6.45, 7) is 2.65. The van der Waals surface area contributed by atoms with E-state index >= 15 is 0 Å². The van der Waals surface area contributed by atoms with Gasteiger partial charge in [-0.25, -0.2) is 0 Å². The third kappa shape index (κ3) is 2.53.